The molecule has 280 valence electrons. The van der Waals surface area contributed by atoms with Crippen LogP contribution in [0.2, 0.25) is 10.0 Å². The second kappa shape index (κ2) is 16.2. The van der Waals surface area contributed by atoms with Crippen molar-refractivity contribution in [1.29, 1.82) is 0 Å². The molecule has 1 amide bonds. The van der Waals surface area contributed by atoms with Gasteiger partial charge in [0.05, 0.1) is 41.7 Å². The Kier molecular flexibility index (Phi) is 11.7. The van der Waals surface area contributed by atoms with Crippen molar-refractivity contribution in [2.45, 2.75) is 80.3 Å². The summed E-state index contributed by atoms with van der Waals surface area (Å²) in [7, 11) is 1.93. The van der Waals surface area contributed by atoms with E-state index in [0.717, 1.165) is 67.3 Å². The number of hydrogen-bond acceptors (Lipinski definition) is 7. The molecule has 0 N–H and O–H groups in total. The van der Waals surface area contributed by atoms with Gasteiger partial charge in [0.2, 0.25) is 5.88 Å². The molecule has 53 heavy (non-hydrogen) atoms. The van der Waals surface area contributed by atoms with Crippen LogP contribution in [0.5, 0.6) is 17.4 Å². The van der Waals surface area contributed by atoms with Crippen LogP contribution in [-0.2, 0) is 31.4 Å². The lowest BCUT2D eigenvalue weighted by molar-refractivity contribution is -0.120. The minimum absolute atomic E-state index is 0.106. The number of nitrogens with zero attached hydrogens (tertiary/aromatic N) is 5. The first-order chi connectivity index (χ1) is 25.4. The van der Waals surface area contributed by atoms with Crippen LogP contribution in [-0.4, -0.2) is 56.4 Å². The van der Waals surface area contributed by atoms with E-state index in [2.05, 4.69) is 18.4 Å². The number of pyridine rings is 1. The first kappa shape index (κ1) is 38.2. The fourth-order valence-corrected chi connectivity index (χ4v) is 7.60. The summed E-state index contributed by atoms with van der Waals surface area (Å²) < 4.78 is 21.4. The van der Waals surface area contributed by atoms with Gasteiger partial charge in [-0.1, -0.05) is 43.1 Å². The number of aromatic nitrogens is 4. The summed E-state index contributed by atoms with van der Waals surface area (Å²) in [6.07, 6.45) is 2.83. The molecule has 5 aromatic rings. The maximum atomic E-state index is 14.9. The van der Waals surface area contributed by atoms with E-state index in [1.165, 1.54) is 0 Å². The molecule has 0 fully saturated rings. The topological polar surface area (TPSA) is 101 Å². The third-order valence-corrected chi connectivity index (χ3v) is 10.8. The standard InChI is InChI=1S/C41H47Cl2N5O5/c1-24(2)13-17-52-35-21-31(53-23-49)20-29(44-35)22-47-14-9-15-48-39-33(11-12-34(42)37(39)36-27(5)45-46(7)28(36)6)32(40(48)41(47)50)10-8-16-51-30-18-25(3)38(43)26(4)19-30/h11-12,18-21,23-24H,8-10,13-17,22H2,1-7H3. The summed E-state index contributed by atoms with van der Waals surface area (Å²) >= 11 is 13.5. The van der Waals surface area contributed by atoms with E-state index in [-0.39, 0.29) is 12.5 Å². The Morgan fingerprint density at radius 2 is 1.70 bits per heavy atom. The first-order valence-electron chi connectivity index (χ1n) is 18.1. The van der Waals surface area contributed by atoms with Gasteiger partial charge in [-0.15, -0.1) is 0 Å². The molecular weight excluding hydrogens is 713 g/mol. The maximum Gasteiger partial charge on any atom is 0.298 e. The number of fused-ring (bicyclic) bond motifs is 3. The van der Waals surface area contributed by atoms with Crippen LogP contribution in [0.4, 0.5) is 0 Å². The van der Waals surface area contributed by atoms with E-state index in [4.69, 9.17) is 47.5 Å². The second-order valence-electron chi connectivity index (χ2n) is 14.2. The molecule has 0 unspecified atom stereocenters. The van der Waals surface area contributed by atoms with Gasteiger partial charge >= 0.3 is 0 Å². The first-order valence-corrected chi connectivity index (χ1v) is 18.9. The summed E-state index contributed by atoms with van der Waals surface area (Å²) in [6.45, 7) is 14.9. The Morgan fingerprint density at radius 3 is 2.38 bits per heavy atom. The molecule has 2 aromatic carbocycles. The number of rotatable bonds is 14. The molecule has 0 saturated carbocycles. The van der Waals surface area contributed by atoms with Gasteiger partial charge in [0.15, 0.2) is 0 Å². The summed E-state index contributed by atoms with van der Waals surface area (Å²) in [5.41, 5.74) is 8.73. The number of benzene rings is 2. The van der Waals surface area contributed by atoms with Crippen LogP contribution in [0, 0.1) is 33.6 Å². The van der Waals surface area contributed by atoms with Crippen LogP contribution in [0.15, 0.2) is 36.4 Å². The van der Waals surface area contributed by atoms with Crippen LogP contribution in [0.1, 0.15) is 77.4 Å². The van der Waals surface area contributed by atoms with Gasteiger partial charge < -0.3 is 23.7 Å². The highest BCUT2D eigenvalue weighted by Gasteiger charge is 2.32. The lowest BCUT2D eigenvalue weighted by Crippen LogP contribution is -2.31. The Balaban J connectivity index is 1.40. The molecule has 0 saturated heterocycles. The second-order valence-corrected chi connectivity index (χ2v) is 15.0. The van der Waals surface area contributed by atoms with Crippen LogP contribution >= 0.6 is 23.2 Å². The average molecular weight is 761 g/mol. The fourth-order valence-electron chi connectivity index (χ4n) is 7.24. The number of ether oxygens (including phenoxy) is 3. The van der Waals surface area contributed by atoms with Crippen molar-refractivity contribution in [1.82, 2.24) is 24.2 Å². The number of hydrogen-bond donors (Lipinski definition) is 0. The van der Waals surface area contributed by atoms with Gasteiger partial charge in [-0.25, -0.2) is 4.98 Å². The lowest BCUT2D eigenvalue weighted by atomic mass is 9.98. The van der Waals surface area contributed by atoms with E-state index in [9.17, 15) is 9.59 Å². The van der Waals surface area contributed by atoms with Crippen LogP contribution < -0.4 is 14.2 Å². The molecule has 1 aliphatic heterocycles. The van der Waals surface area contributed by atoms with Gasteiger partial charge in [0.1, 0.15) is 17.2 Å². The highest BCUT2D eigenvalue weighted by molar-refractivity contribution is 6.35. The molecule has 10 nitrogen and oxygen atoms in total. The zero-order valence-electron chi connectivity index (χ0n) is 31.5. The zero-order valence-corrected chi connectivity index (χ0v) is 33.0. The van der Waals surface area contributed by atoms with E-state index in [1.54, 1.807) is 12.1 Å². The summed E-state index contributed by atoms with van der Waals surface area (Å²) in [5.74, 6) is 1.79. The zero-order chi connectivity index (χ0) is 38.0. The maximum absolute atomic E-state index is 14.9. The molecule has 0 atom stereocenters. The smallest absolute Gasteiger partial charge is 0.298 e. The quantitative estimate of drug-likeness (QED) is 0.0823. The molecule has 1 aliphatic rings. The van der Waals surface area contributed by atoms with E-state index < -0.39 is 0 Å². The van der Waals surface area contributed by atoms with Gasteiger partial charge in [-0.2, -0.15) is 5.10 Å². The number of amides is 1. The fraction of sp³-hybridized carbons (Fsp3) is 0.415. The predicted octanol–water partition coefficient (Wildman–Crippen LogP) is 9.00. The summed E-state index contributed by atoms with van der Waals surface area (Å²) in [4.78, 5) is 32.7. The van der Waals surface area contributed by atoms with Crippen LogP contribution in [0.25, 0.3) is 22.0 Å². The van der Waals surface area contributed by atoms with Gasteiger partial charge in [0, 0.05) is 59.5 Å². The lowest BCUT2D eigenvalue weighted by Gasteiger charge is -2.21. The highest BCUT2D eigenvalue weighted by Crippen LogP contribution is 2.43. The molecule has 0 radical (unpaired) electrons. The largest absolute Gasteiger partial charge is 0.494 e. The third kappa shape index (κ3) is 8.04. The SMILES string of the molecule is Cc1cc(OCCCc2c3n(c4c(-c5c(C)nn(C)c5C)c(Cl)ccc24)CCCN(Cc2cc(OC=O)cc(OCCC(C)C)n2)C3=O)cc(C)c1Cl. The van der Waals surface area contributed by atoms with Crippen molar-refractivity contribution in [2.24, 2.45) is 13.0 Å². The molecule has 6 rings (SSSR count). The van der Waals surface area contributed by atoms with E-state index in [0.29, 0.717) is 86.0 Å². The van der Waals surface area contributed by atoms with E-state index in [1.807, 2.05) is 68.6 Å². The molecule has 3 aromatic heterocycles. The number of halogens is 2. The summed E-state index contributed by atoms with van der Waals surface area (Å²) in [5, 5.41) is 7.04. The predicted molar refractivity (Wildman–Crippen MR) is 209 cm³/mol. The van der Waals surface area contributed by atoms with Crippen molar-refractivity contribution >= 4 is 46.5 Å². The Labute approximate surface area is 320 Å². The van der Waals surface area contributed by atoms with Crippen LogP contribution in [0.3, 0.4) is 0 Å². The van der Waals surface area contributed by atoms with Crippen molar-refractivity contribution in [2.75, 3.05) is 19.8 Å². The van der Waals surface area contributed by atoms with Crippen molar-refractivity contribution in [3.8, 4) is 28.5 Å². The Hall–Kier alpha value is -4.54. The summed E-state index contributed by atoms with van der Waals surface area (Å²) in [6, 6.07) is 11.1. The minimum atomic E-state index is -0.106. The van der Waals surface area contributed by atoms with E-state index >= 15 is 0 Å². The van der Waals surface area contributed by atoms with Crippen molar-refractivity contribution < 1.29 is 23.8 Å². The molecule has 0 bridgehead atoms. The minimum Gasteiger partial charge on any atom is -0.494 e. The molecule has 0 spiro atoms. The molecule has 12 heteroatoms. The number of aryl methyl sites for hydroxylation is 6. The monoisotopic (exact) mass is 759 g/mol. The Bertz CT molecular complexity index is 2150. The average Bonchev–Trinajstić information content (AvgIpc) is 3.48. The molecular formula is C41H47Cl2N5O5. The van der Waals surface area contributed by atoms with Gasteiger partial charge in [0.25, 0.3) is 12.4 Å². The van der Waals surface area contributed by atoms with Crippen molar-refractivity contribution in [3.05, 3.63) is 85.9 Å². The number of carbonyl (C=O) groups excluding carboxylic acids is 2. The van der Waals surface area contributed by atoms with Crippen molar-refractivity contribution in [3.63, 3.8) is 0 Å². The Morgan fingerprint density at radius 1 is 0.943 bits per heavy atom. The third-order valence-electron chi connectivity index (χ3n) is 9.90. The van der Waals surface area contributed by atoms with Gasteiger partial charge in [-0.3, -0.25) is 14.3 Å². The highest BCUT2D eigenvalue weighted by atomic mass is 35.5. The number of carbonyl (C=O) groups is 2. The molecule has 0 aliphatic carbocycles. The van der Waals surface area contributed by atoms with Gasteiger partial charge in [-0.05, 0) is 94.2 Å². The normalized spacial score (nSPS) is 13.1. The molecule has 4 heterocycles.